The van der Waals surface area contributed by atoms with Crippen LogP contribution in [0.3, 0.4) is 0 Å². The molecule has 0 unspecified atom stereocenters. The van der Waals surface area contributed by atoms with Crippen molar-refractivity contribution >= 4 is 28.8 Å². The summed E-state index contributed by atoms with van der Waals surface area (Å²) in [5, 5.41) is 0.417. The van der Waals surface area contributed by atoms with E-state index < -0.39 is 5.82 Å². The van der Waals surface area contributed by atoms with Gasteiger partial charge < -0.3 is 10.5 Å². The molecule has 3 nitrogen and oxygen atoms in total. The van der Waals surface area contributed by atoms with E-state index in [0.717, 1.165) is 0 Å². The summed E-state index contributed by atoms with van der Waals surface area (Å²) >= 11 is 10.6. The van der Waals surface area contributed by atoms with Crippen molar-refractivity contribution < 1.29 is 9.13 Å². The van der Waals surface area contributed by atoms with E-state index in [1.54, 1.807) is 12.1 Å². The average molecular weight is 283 g/mol. The first-order chi connectivity index (χ1) is 8.58. The van der Waals surface area contributed by atoms with Gasteiger partial charge in [0.2, 0.25) is 0 Å². The molecule has 92 valence electrons. The lowest BCUT2D eigenvalue weighted by atomic mass is 10.2. The number of nitrogens with zero attached hydrogens (tertiary/aromatic N) is 1. The summed E-state index contributed by atoms with van der Waals surface area (Å²) in [6.07, 6.45) is 2.93. The van der Waals surface area contributed by atoms with Crippen LogP contribution < -0.4 is 10.5 Å². The van der Waals surface area contributed by atoms with Crippen molar-refractivity contribution in [2.24, 2.45) is 5.73 Å². The molecule has 0 bridgehead atoms. The van der Waals surface area contributed by atoms with Crippen LogP contribution in [0.4, 0.5) is 4.39 Å². The zero-order valence-corrected chi connectivity index (χ0v) is 10.6. The molecule has 0 amide bonds. The molecule has 0 aliphatic rings. The minimum absolute atomic E-state index is 0.0625. The minimum Gasteiger partial charge on any atom is -0.455 e. The monoisotopic (exact) mass is 282 g/mol. The molecule has 0 spiro atoms. The molecule has 0 radical (unpaired) electrons. The summed E-state index contributed by atoms with van der Waals surface area (Å²) in [6.45, 7) is 0. The second kappa shape index (κ2) is 5.29. The standard InChI is InChI=1S/C12H8ClFN2OS/c13-7-4-8(6-16-5-7)17-10-3-1-2-9(14)11(10)12(15)18/h1-6H,(H2,15,18). The van der Waals surface area contributed by atoms with Crippen molar-refractivity contribution in [1.82, 2.24) is 4.98 Å². The van der Waals surface area contributed by atoms with Gasteiger partial charge in [-0.25, -0.2) is 4.39 Å². The summed E-state index contributed by atoms with van der Waals surface area (Å²) in [5.74, 6) is 0.0761. The predicted molar refractivity (Wildman–Crippen MR) is 71.6 cm³/mol. The predicted octanol–water partition coefficient (Wildman–Crippen LogP) is 3.30. The number of aromatic nitrogens is 1. The van der Waals surface area contributed by atoms with Gasteiger partial charge >= 0.3 is 0 Å². The molecule has 0 aliphatic carbocycles. The van der Waals surface area contributed by atoms with Gasteiger partial charge in [0.15, 0.2) is 0 Å². The fourth-order valence-corrected chi connectivity index (χ4v) is 1.77. The van der Waals surface area contributed by atoms with E-state index in [-0.39, 0.29) is 16.3 Å². The molecule has 1 heterocycles. The maximum absolute atomic E-state index is 13.6. The lowest BCUT2D eigenvalue weighted by Crippen LogP contribution is -2.13. The summed E-state index contributed by atoms with van der Waals surface area (Å²) in [5.41, 5.74) is 5.53. The van der Waals surface area contributed by atoms with Crippen molar-refractivity contribution in [2.45, 2.75) is 0 Å². The highest BCUT2D eigenvalue weighted by molar-refractivity contribution is 7.80. The van der Waals surface area contributed by atoms with Crippen LogP contribution in [0.25, 0.3) is 0 Å². The highest BCUT2D eigenvalue weighted by Gasteiger charge is 2.13. The zero-order valence-electron chi connectivity index (χ0n) is 9.06. The molecule has 2 N–H and O–H groups in total. The third-order valence-electron chi connectivity index (χ3n) is 2.13. The van der Waals surface area contributed by atoms with Crippen molar-refractivity contribution in [3.05, 3.63) is 53.1 Å². The first-order valence-corrected chi connectivity index (χ1v) is 5.73. The molecule has 6 heteroatoms. The van der Waals surface area contributed by atoms with E-state index in [0.29, 0.717) is 10.8 Å². The van der Waals surface area contributed by atoms with Gasteiger partial charge in [0.1, 0.15) is 22.3 Å². The third-order valence-corrected chi connectivity index (χ3v) is 2.54. The fraction of sp³-hybridized carbons (Fsp3) is 0. The van der Waals surface area contributed by atoms with Gasteiger partial charge in [-0.3, -0.25) is 4.98 Å². The van der Waals surface area contributed by atoms with Gasteiger partial charge in [-0.1, -0.05) is 29.9 Å². The summed E-state index contributed by atoms with van der Waals surface area (Å²) < 4.78 is 19.1. The Kier molecular flexibility index (Phi) is 3.74. The zero-order chi connectivity index (χ0) is 13.1. The Labute approximate surface area is 113 Å². The first-order valence-electron chi connectivity index (χ1n) is 4.94. The maximum Gasteiger partial charge on any atom is 0.147 e. The molecule has 0 saturated carbocycles. The van der Waals surface area contributed by atoms with Crippen LogP contribution in [0.1, 0.15) is 5.56 Å². The molecule has 0 saturated heterocycles. The van der Waals surface area contributed by atoms with Crippen LogP contribution in [0.2, 0.25) is 5.02 Å². The molecule has 2 aromatic rings. The van der Waals surface area contributed by atoms with E-state index in [9.17, 15) is 4.39 Å². The number of pyridine rings is 1. The Morgan fingerprint density at radius 3 is 2.83 bits per heavy atom. The Hall–Kier alpha value is -1.72. The second-order valence-electron chi connectivity index (χ2n) is 3.42. The second-order valence-corrected chi connectivity index (χ2v) is 4.29. The third kappa shape index (κ3) is 2.75. The molecular formula is C12H8ClFN2OS. The van der Waals surface area contributed by atoms with Gasteiger partial charge in [-0.2, -0.15) is 0 Å². The molecule has 2 rings (SSSR count). The van der Waals surface area contributed by atoms with Gasteiger partial charge in [-0.05, 0) is 12.1 Å². The van der Waals surface area contributed by atoms with Crippen molar-refractivity contribution in [2.75, 3.05) is 0 Å². The highest BCUT2D eigenvalue weighted by Crippen LogP contribution is 2.27. The van der Waals surface area contributed by atoms with Gasteiger partial charge in [0.05, 0.1) is 16.8 Å². The van der Waals surface area contributed by atoms with Crippen molar-refractivity contribution in [3.8, 4) is 11.5 Å². The fourth-order valence-electron chi connectivity index (χ4n) is 1.40. The lowest BCUT2D eigenvalue weighted by Gasteiger charge is -2.10. The van der Waals surface area contributed by atoms with Crippen LogP contribution in [0.15, 0.2) is 36.7 Å². The van der Waals surface area contributed by atoms with Crippen LogP contribution >= 0.6 is 23.8 Å². The highest BCUT2D eigenvalue weighted by atomic mass is 35.5. The van der Waals surface area contributed by atoms with E-state index >= 15 is 0 Å². The van der Waals surface area contributed by atoms with Crippen LogP contribution in [0, 0.1) is 5.82 Å². The van der Waals surface area contributed by atoms with Gasteiger partial charge in [-0.15, -0.1) is 0 Å². The number of hydrogen-bond acceptors (Lipinski definition) is 3. The lowest BCUT2D eigenvalue weighted by molar-refractivity contribution is 0.473. The molecule has 1 aromatic heterocycles. The largest absolute Gasteiger partial charge is 0.455 e. The van der Waals surface area contributed by atoms with E-state index in [1.165, 1.54) is 24.5 Å². The molecule has 0 aliphatic heterocycles. The number of thiocarbonyl (C=S) groups is 1. The average Bonchev–Trinajstić information content (AvgIpc) is 2.28. The number of rotatable bonds is 3. The van der Waals surface area contributed by atoms with Crippen LogP contribution in [-0.2, 0) is 0 Å². The van der Waals surface area contributed by atoms with Crippen molar-refractivity contribution in [3.63, 3.8) is 0 Å². The van der Waals surface area contributed by atoms with Crippen molar-refractivity contribution in [1.29, 1.82) is 0 Å². The van der Waals surface area contributed by atoms with Gasteiger partial charge in [0, 0.05) is 12.3 Å². The summed E-state index contributed by atoms with van der Waals surface area (Å²) in [7, 11) is 0. The first kappa shape index (κ1) is 12.7. The molecule has 0 fully saturated rings. The Morgan fingerprint density at radius 2 is 2.17 bits per heavy atom. The Morgan fingerprint density at radius 1 is 1.39 bits per heavy atom. The van der Waals surface area contributed by atoms with Crippen LogP contribution in [-0.4, -0.2) is 9.97 Å². The number of nitrogens with two attached hydrogens (primary N) is 1. The Bertz CT molecular complexity index is 606. The normalized spacial score (nSPS) is 10.1. The summed E-state index contributed by atoms with van der Waals surface area (Å²) in [6, 6.07) is 5.89. The number of benzene rings is 1. The maximum atomic E-state index is 13.6. The molecule has 0 atom stereocenters. The number of halogens is 2. The smallest absolute Gasteiger partial charge is 0.147 e. The molecule has 1 aromatic carbocycles. The van der Waals surface area contributed by atoms with E-state index in [4.69, 9.17) is 34.3 Å². The molecule has 18 heavy (non-hydrogen) atoms. The van der Waals surface area contributed by atoms with Crippen LogP contribution in [0.5, 0.6) is 11.5 Å². The number of ether oxygens (including phenoxy) is 1. The van der Waals surface area contributed by atoms with Gasteiger partial charge in [0.25, 0.3) is 0 Å². The summed E-state index contributed by atoms with van der Waals surface area (Å²) in [4.78, 5) is 3.79. The topological polar surface area (TPSA) is 48.1 Å². The SMILES string of the molecule is NC(=S)c1c(F)cccc1Oc1cncc(Cl)c1. The number of hydrogen-bond donors (Lipinski definition) is 1. The van der Waals surface area contributed by atoms with E-state index in [1.807, 2.05) is 0 Å². The Balaban J connectivity index is 2.40. The minimum atomic E-state index is -0.532. The molecular weight excluding hydrogens is 275 g/mol. The quantitative estimate of drug-likeness (QED) is 0.878. The van der Waals surface area contributed by atoms with E-state index in [2.05, 4.69) is 4.98 Å².